The lowest BCUT2D eigenvalue weighted by Gasteiger charge is -2.45. The molecule has 52 heavy (non-hydrogen) atoms. The maximum Gasteiger partial charge on any atom is 0.308 e. The predicted molar refractivity (Wildman–Crippen MR) is 175 cm³/mol. The van der Waals surface area contributed by atoms with Crippen LogP contribution in [0.15, 0.2) is 12.2 Å². The molecule has 11 atom stereocenters. The van der Waals surface area contributed by atoms with Crippen molar-refractivity contribution in [1.29, 1.82) is 0 Å². The second-order valence-electron chi connectivity index (χ2n) is 14.8. The van der Waals surface area contributed by atoms with E-state index in [1.807, 2.05) is 0 Å². The highest BCUT2D eigenvalue weighted by Crippen LogP contribution is 2.56. The van der Waals surface area contributed by atoms with Crippen molar-refractivity contribution in [2.75, 3.05) is 0 Å². The van der Waals surface area contributed by atoms with E-state index >= 15 is 4.79 Å². The van der Waals surface area contributed by atoms with E-state index < -0.39 is 131 Å². The number of Topliss-reactive ketones (excluding diaryl/α,β-unsaturated/α-hetero) is 1. The third-order valence-corrected chi connectivity index (χ3v) is 9.65. The molecule has 0 radical (unpaired) electrons. The van der Waals surface area contributed by atoms with Crippen LogP contribution >= 0.6 is 0 Å². The van der Waals surface area contributed by atoms with Gasteiger partial charge in [0.1, 0.15) is 6.10 Å². The monoisotopic (exact) mass is 738 g/mol. The largest absolute Gasteiger partial charge is 0.458 e. The number of carbonyl (C=O) groups excluding carboxylic acids is 8. The highest BCUT2D eigenvalue weighted by atomic mass is 16.6. The summed E-state index contributed by atoms with van der Waals surface area (Å²) in [6.07, 6.45) is -10.9. The fourth-order valence-corrected chi connectivity index (χ4v) is 7.65. The van der Waals surface area contributed by atoms with Gasteiger partial charge in [-0.05, 0) is 6.92 Å². The normalized spacial score (nSPS) is 35.3. The summed E-state index contributed by atoms with van der Waals surface area (Å²) in [5, 5.41) is 0. The van der Waals surface area contributed by atoms with Gasteiger partial charge in [0, 0.05) is 64.9 Å². The lowest BCUT2D eigenvalue weighted by atomic mass is 9.69. The second-order valence-corrected chi connectivity index (χ2v) is 14.8. The first-order chi connectivity index (χ1) is 23.8. The maximum absolute atomic E-state index is 15.0. The summed E-state index contributed by atoms with van der Waals surface area (Å²) in [6.45, 7) is 19.7. The van der Waals surface area contributed by atoms with Gasteiger partial charge in [0.05, 0.1) is 24.0 Å². The molecule has 1 saturated heterocycles. The van der Waals surface area contributed by atoms with Crippen molar-refractivity contribution in [3.05, 3.63) is 12.2 Å². The molecule has 0 N–H and O–H groups in total. The molecule has 2 saturated carbocycles. The Morgan fingerprint density at radius 3 is 1.65 bits per heavy atom. The zero-order valence-corrected chi connectivity index (χ0v) is 31.7. The Morgan fingerprint density at radius 1 is 0.712 bits per heavy atom. The van der Waals surface area contributed by atoms with Crippen molar-refractivity contribution in [1.82, 2.24) is 0 Å². The Kier molecular flexibility index (Phi) is 12.4. The molecule has 0 spiro atoms. The number of carbonyl (C=O) groups is 8. The summed E-state index contributed by atoms with van der Waals surface area (Å²) < 4.78 is 47.0. The number of epoxide rings is 1. The Hall–Kier alpha value is -4.34. The van der Waals surface area contributed by atoms with Gasteiger partial charge in [-0.25, -0.2) is 0 Å². The molecule has 11 unspecified atom stereocenters. The zero-order chi connectivity index (χ0) is 39.8. The first kappa shape index (κ1) is 42.1. The molecular formula is C36H50O16. The molecule has 0 aromatic carbocycles. The molecule has 3 fully saturated rings. The van der Waals surface area contributed by atoms with Crippen LogP contribution in [0.5, 0.6) is 0 Å². The van der Waals surface area contributed by atoms with Crippen molar-refractivity contribution < 1.29 is 76.3 Å². The van der Waals surface area contributed by atoms with Gasteiger partial charge in [0.25, 0.3) is 0 Å². The van der Waals surface area contributed by atoms with E-state index in [9.17, 15) is 33.6 Å². The minimum atomic E-state index is -2.38. The van der Waals surface area contributed by atoms with Gasteiger partial charge in [-0.3, -0.25) is 38.4 Å². The van der Waals surface area contributed by atoms with Gasteiger partial charge in [-0.2, -0.15) is 0 Å². The van der Waals surface area contributed by atoms with Gasteiger partial charge in [-0.1, -0.05) is 41.2 Å². The van der Waals surface area contributed by atoms with Crippen molar-refractivity contribution >= 4 is 47.6 Å². The molecule has 3 aliphatic rings. The van der Waals surface area contributed by atoms with E-state index in [1.165, 1.54) is 13.8 Å². The standard InChI is InChI=1S/C36H50O16/c1-15(2)33(44)50-28-26(46-19(6)38)16(3)25(45-18(5)37)24-30(47-20(7)39)35(13,51-22(9)41)14-36(24,52-23(10)42)29(43)17(4)27-31(49-27)34(11,12)32(28)48-21(8)40/h15,17,24-28,30-32H,3,14H2,1-2,4-13H3. The van der Waals surface area contributed by atoms with E-state index in [2.05, 4.69) is 6.58 Å². The number of hydrogen-bond acceptors (Lipinski definition) is 16. The third-order valence-electron chi connectivity index (χ3n) is 9.65. The smallest absolute Gasteiger partial charge is 0.308 e. The first-order valence-corrected chi connectivity index (χ1v) is 17.0. The van der Waals surface area contributed by atoms with Crippen LogP contribution in [0.25, 0.3) is 0 Å². The Bertz CT molecular complexity index is 1510. The maximum atomic E-state index is 15.0. The van der Waals surface area contributed by atoms with Crippen LogP contribution in [-0.2, 0) is 76.3 Å². The summed E-state index contributed by atoms with van der Waals surface area (Å²) >= 11 is 0. The second kappa shape index (κ2) is 15.3. The molecule has 1 aliphatic heterocycles. The number of rotatable bonds is 8. The van der Waals surface area contributed by atoms with E-state index in [0.717, 1.165) is 41.5 Å². The summed E-state index contributed by atoms with van der Waals surface area (Å²) in [4.78, 5) is 105. The van der Waals surface area contributed by atoms with E-state index in [0.29, 0.717) is 0 Å². The average Bonchev–Trinajstić information content (AvgIpc) is 3.76. The summed E-state index contributed by atoms with van der Waals surface area (Å²) in [5.41, 5.74) is -5.92. The molecular weight excluding hydrogens is 688 g/mol. The first-order valence-electron chi connectivity index (χ1n) is 17.0. The van der Waals surface area contributed by atoms with Crippen LogP contribution in [0.1, 0.15) is 89.5 Å². The molecule has 0 aromatic rings. The molecule has 290 valence electrons. The van der Waals surface area contributed by atoms with Crippen molar-refractivity contribution in [2.45, 2.75) is 143 Å². The van der Waals surface area contributed by atoms with Crippen LogP contribution in [0.3, 0.4) is 0 Å². The molecule has 0 bridgehead atoms. The lowest BCUT2D eigenvalue weighted by Crippen LogP contribution is -2.60. The number of ether oxygens (including phenoxy) is 8. The fourth-order valence-electron chi connectivity index (χ4n) is 7.65. The van der Waals surface area contributed by atoms with Crippen LogP contribution < -0.4 is 0 Å². The number of esters is 7. The summed E-state index contributed by atoms with van der Waals surface area (Å²) in [7, 11) is 0. The van der Waals surface area contributed by atoms with E-state index in [1.54, 1.807) is 27.7 Å². The lowest BCUT2D eigenvalue weighted by molar-refractivity contribution is -0.200. The third kappa shape index (κ3) is 8.48. The molecule has 1 heterocycles. The van der Waals surface area contributed by atoms with Crippen LogP contribution in [-0.4, -0.2) is 101 Å². The number of hydrogen-bond donors (Lipinski definition) is 0. The van der Waals surface area contributed by atoms with E-state index in [-0.39, 0.29) is 5.57 Å². The molecule has 0 amide bonds. The molecule has 2 aliphatic carbocycles. The minimum absolute atomic E-state index is 0.347. The number of ketones is 1. The van der Waals surface area contributed by atoms with Gasteiger partial charge in [-0.15, -0.1) is 0 Å². The van der Waals surface area contributed by atoms with Crippen LogP contribution in [0.2, 0.25) is 0 Å². The Morgan fingerprint density at radius 2 is 1.19 bits per heavy atom. The molecule has 3 rings (SSSR count). The van der Waals surface area contributed by atoms with Crippen molar-refractivity contribution in [3.63, 3.8) is 0 Å². The highest BCUT2D eigenvalue weighted by Gasteiger charge is 2.74. The Balaban J connectivity index is 2.57. The minimum Gasteiger partial charge on any atom is -0.458 e. The van der Waals surface area contributed by atoms with Gasteiger partial charge in [0.2, 0.25) is 0 Å². The Labute approximate surface area is 302 Å². The van der Waals surface area contributed by atoms with Crippen LogP contribution in [0.4, 0.5) is 0 Å². The van der Waals surface area contributed by atoms with Crippen LogP contribution in [0, 0.1) is 23.2 Å². The number of fused-ring (bicyclic) bond motifs is 2. The van der Waals surface area contributed by atoms with E-state index in [4.69, 9.17) is 37.9 Å². The predicted octanol–water partition coefficient (Wildman–Crippen LogP) is 2.49. The SMILES string of the molecule is C=C1C(OC(C)=O)C(OC(=O)C(C)C)C(OC(C)=O)C(C)(C)C2OC2C(C)C(=O)C2(OC(C)=O)CC(C)(OC(C)=O)C(OC(C)=O)C2C1OC(C)=O. The fraction of sp³-hybridized carbons (Fsp3) is 0.722. The highest BCUT2D eigenvalue weighted by molar-refractivity contribution is 5.93. The average molecular weight is 739 g/mol. The van der Waals surface area contributed by atoms with Crippen molar-refractivity contribution in [2.24, 2.45) is 23.2 Å². The molecule has 16 nitrogen and oxygen atoms in total. The molecule has 16 heteroatoms. The van der Waals surface area contributed by atoms with Crippen molar-refractivity contribution in [3.8, 4) is 0 Å². The zero-order valence-electron chi connectivity index (χ0n) is 31.7. The van der Waals surface area contributed by atoms with Gasteiger partial charge >= 0.3 is 41.8 Å². The van der Waals surface area contributed by atoms with Gasteiger partial charge < -0.3 is 37.9 Å². The van der Waals surface area contributed by atoms with Gasteiger partial charge in [0.15, 0.2) is 41.4 Å². The molecule has 0 aromatic heterocycles. The summed E-state index contributed by atoms with van der Waals surface area (Å²) in [5.74, 6) is -10.6. The summed E-state index contributed by atoms with van der Waals surface area (Å²) in [6, 6.07) is 0. The quantitative estimate of drug-likeness (QED) is 0.151. The topological polar surface area (TPSA) is 214 Å².